The molecule has 0 spiro atoms. The normalized spacial score (nSPS) is 19.8. The molecule has 4 nitrogen and oxygen atoms in total. The van der Waals surface area contributed by atoms with Crippen molar-refractivity contribution in [1.82, 2.24) is 0 Å². The number of methoxy groups -OCH3 is 1. The molecule has 3 rings (SSSR count). The zero-order valence-corrected chi connectivity index (χ0v) is 12.8. The summed E-state index contributed by atoms with van der Waals surface area (Å²) in [6, 6.07) is 11.8. The van der Waals surface area contributed by atoms with Crippen LogP contribution in [0.1, 0.15) is 23.2 Å². The average molecular weight is 315 g/mol. The fraction of sp³-hybridized carbons (Fsp3) is 0.278. The van der Waals surface area contributed by atoms with Gasteiger partial charge in [-0.05, 0) is 48.2 Å². The maximum absolute atomic E-state index is 14.2. The zero-order chi connectivity index (χ0) is 16.4. The van der Waals surface area contributed by atoms with Gasteiger partial charge < -0.3 is 15.2 Å². The number of halogens is 1. The fourth-order valence-electron chi connectivity index (χ4n) is 2.56. The molecule has 1 fully saturated rings. The summed E-state index contributed by atoms with van der Waals surface area (Å²) in [6.45, 7) is 0. The Hall–Kier alpha value is -2.40. The maximum Gasteiger partial charge on any atom is 0.341 e. The molecular formula is C18H18FNO3. The van der Waals surface area contributed by atoms with Crippen LogP contribution in [0.4, 0.5) is 4.39 Å². The Balaban J connectivity index is 1.75. The second-order valence-electron chi connectivity index (χ2n) is 5.68. The molecule has 2 aromatic carbocycles. The highest BCUT2D eigenvalue weighted by Gasteiger charge is 2.30. The molecule has 23 heavy (non-hydrogen) atoms. The van der Waals surface area contributed by atoms with E-state index in [1.54, 1.807) is 25.3 Å². The van der Waals surface area contributed by atoms with Gasteiger partial charge in [-0.2, -0.15) is 0 Å². The Morgan fingerprint density at radius 2 is 1.78 bits per heavy atom. The monoisotopic (exact) mass is 315 g/mol. The molecule has 0 aromatic heterocycles. The Labute approximate surface area is 134 Å². The molecule has 1 aliphatic carbocycles. The van der Waals surface area contributed by atoms with Gasteiger partial charge in [-0.3, -0.25) is 0 Å². The van der Waals surface area contributed by atoms with Crippen molar-refractivity contribution in [1.29, 1.82) is 0 Å². The number of nitrogens with two attached hydrogens (primary N) is 1. The first-order valence-electron chi connectivity index (χ1n) is 7.47. The minimum absolute atomic E-state index is 0.0530. The van der Waals surface area contributed by atoms with Crippen LogP contribution in [-0.4, -0.2) is 25.2 Å². The summed E-state index contributed by atoms with van der Waals surface area (Å²) in [5.74, 6) is -0.499. The number of esters is 1. The summed E-state index contributed by atoms with van der Waals surface area (Å²) in [5.41, 5.74) is 7.12. The van der Waals surface area contributed by atoms with E-state index in [-0.39, 0.29) is 17.7 Å². The molecule has 5 heteroatoms. The second-order valence-corrected chi connectivity index (χ2v) is 5.68. The first-order valence-corrected chi connectivity index (χ1v) is 7.47. The minimum Gasteiger partial charge on any atom is -0.497 e. The van der Waals surface area contributed by atoms with Crippen LogP contribution in [0, 0.1) is 5.82 Å². The number of carbonyl (C=O) groups excluding carboxylic acids is 1. The predicted octanol–water partition coefficient (Wildman–Crippen LogP) is 3.15. The van der Waals surface area contributed by atoms with Crippen molar-refractivity contribution in [2.75, 3.05) is 7.11 Å². The number of rotatable bonds is 4. The highest BCUT2D eigenvalue weighted by molar-refractivity contribution is 5.90. The molecular weight excluding hydrogens is 297 g/mol. The Morgan fingerprint density at radius 1 is 1.13 bits per heavy atom. The topological polar surface area (TPSA) is 61.5 Å². The predicted molar refractivity (Wildman–Crippen MR) is 84.8 cm³/mol. The van der Waals surface area contributed by atoms with Crippen molar-refractivity contribution >= 4 is 5.97 Å². The van der Waals surface area contributed by atoms with Gasteiger partial charge in [0.15, 0.2) is 0 Å². The SMILES string of the molecule is COc1ccc(-c2ccc(C(=O)OC3CC(N)C3)c(F)c2)cc1. The number of benzene rings is 2. The van der Waals surface area contributed by atoms with Gasteiger partial charge in [-0.1, -0.05) is 18.2 Å². The van der Waals surface area contributed by atoms with Crippen molar-refractivity contribution in [2.45, 2.75) is 25.0 Å². The third-order valence-corrected chi connectivity index (χ3v) is 4.02. The first kappa shape index (κ1) is 15.5. The van der Waals surface area contributed by atoms with Crippen LogP contribution in [0.5, 0.6) is 5.75 Å². The smallest absolute Gasteiger partial charge is 0.341 e. The van der Waals surface area contributed by atoms with E-state index in [2.05, 4.69) is 0 Å². The summed E-state index contributed by atoms with van der Waals surface area (Å²) >= 11 is 0. The molecule has 0 unspecified atom stereocenters. The zero-order valence-electron chi connectivity index (χ0n) is 12.8. The summed E-state index contributed by atoms with van der Waals surface area (Å²) in [5, 5.41) is 0. The van der Waals surface area contributed by atoms with Crippen LogP contribution in [0.2, 0.25) is 0 Å². The molecule has 0 atom stereocenters. The van der Waals surface area contributed by atoms with Gasteiger partial charge in [0.1, 0.15) is 17.7 Å². The lowest BCUT2D eigenvalue weighted by atomic mass is 9.90. The van der Waals surface area contributed by atoms with Gasteiger partial charge in [-0.25, -0.2) is 9.18 Å². The fourth-order valence-corrected chi connectivity index (χ4v) is 2.56. The van der Waals surface area contributed by atoms with E-state index in [0.717, 1.165) is 11.3 Å². The van der Waals surface area contributed by atoms with Crippen LogP contribution in [-0.2, 0) is 4.74 Å². The van der Waals surface area contributed by atoms with Gasteiger partial charge >= 0.3 is 5.97 Å². The number of carbonyl (C=O) groups is 1. The Bertz CT molecular complexity index is 709. The second kappa shape index (κ2) is 6.38. The molecule has 0 heterocycles. The summed E-state index contributed by atoms with van der Waals surface area (Å²) in [6.07, 6.45) is 1.08. The van der Waals surface area contributed by atoms with Gasteiger partial charge in [0.25, 0.3) is 0 Å². The van der Waals surface area contributed by atoms with Crippen LogP contribution in [0.15, 0.2) is 42.5 Å². The van der Waals surface area contributed by atoms with Crippen LogP contribution >= 0.6 is 0 Å². The molecule has 2 aromatic rings. The molecule has 1 saturated carbocycles. The van der Waals surface area contributed by atoms with Crippen molar-refractivity contribution in [2.24, 2.45) is 5.73 Å². The molecule has 0 radical (unpaired) electrons. The number of ether oxygens (including phenoxy) is 2. The first-order chi connectivity index (χ1) is 11.1. The van der Waals surface area contributed by atoms with Crippen LogP contribution in [0.25, 0.3) is 11.1 Å². The van der Waals surface area contributed by atoms with E-state index in [1.807, 2.05) is 12.1 Å². The van der Waals surface area contributed by atoms with Crippen molar-refractivity contribution in [3.63, 3.8) is 0 Å². The highest BCUT2D eigenvalue weighted by Crippen LogP contribution is 2.26. The summed E-state index contributed by atoms with van der Waals surface area (Å²) in [4.78, 5) is 12.0. The molecule has 0 amide bonds. The largest absolute Gasteiger partial charge is 0.497 e. The third kappa shape index (κ3) is 3.35. The minimum atomic E-state index is -0.638. The maximum atomic E-state index is 14.2. The Kier molecular flexibility index (Phi) is 4.30. The van der Waals surface area contributed by atoms with Crippen molar-refractivity contribution in [3.8, 4) is 16.9 Å². The number of hydrogen-bond donors (Lipinski definition) is 1. The summed E-state index contributed by atoms with van der Waals surface area (Å²) < 4.78 is 24.6. The lowest BCUT2D eigenvalue weighted by Gasteiger charge is -2.31. The molecule has 0 saturated heterocycles. The molecule has 0 bridgehead atoms. The van der Waals surface area contributed by atoms with E-state index in [0.29, 0.717) is 18.4 Å². The molecule has 0 aliphatic heterocycles. The lowest BCUT2D eigenvalue weighted by Crippen LogP contribution is -2.42. The summed E-state index contributed by atoms with van der Waals surface area (Å²) in [7, 11) is 1.59. The molecule has 2 N–H and O–H groups in total. The van der Waals surface area contributed by atoms with Gasteiger partial charge in [0.05, 0.1) is 12.7 Å². The third-order valence-electron chi connectivity index (χ3n) is 4.02. The average Bonchev–Trinajstić information content (AvgIpc) is 2.53. The van der Waals surface area contributed by atoms with Gasteiger partial charge in [-0.15, -0.1) is 0 Å². The number of hydrogen-bond acceptors (Lipinski definition) is 4. The van der Waals surface area contributed by atoms with Crippen molar-refractivity contribution in [3.05, 3.63) is 53.8 Å². The molecule has 120 valence electrons. The standard InChI is InChI=1S/C18H18FNO3/c1-22-14-5-2-11(3-6-14)12-4-7-16(17(19)8-12)18(21)23-15-9-13(20)10-15/h2-8,13,15H,9-10,20H2,1H3. The molecule has 1 aliphatic rings. The quantitative estimate of drug-likeness (QED) is 0.881. The van der Waals surface area contributed by atoms with Crippen molar-refractivity contribution < 1.29 is 18.7 Å². The lowest BCUT2D eigenvalue weighted by molar-refractivity contribution is 0.00279. The van der Waals surface area contributed by atoms with Crippen LogP contribution in [0.3, 0.4) is 0 Å². The van der Waals surface area contributed by atoms with Crippen LogP contribution < -0.4 is 10.5 Å². The van der Waals surface area contributed by atoms with E-state index < -0.39 is 11.8 Å². The van der Waals surface area contributed by atoms with E-state index in [4.69, 9.17) is 15.2 Å². The Morgan fingerprint density at radius 3 is 2.35 bits per heavy atom. The highest BCUT2D eigenvalue weighted by atomic mass is 19.1. The van der Waals surface area contributed by atoms with Gasteiger partial charge in [0, 0.05) is 6.04 Å². The van der Waals surface area contributed by atoms with E-state index in [9.17, 15) is 9.18 Å². The van der Waals surface area contributed by atoms with E-state index >= 15 is 0 Å². The van der Waals surface area contributed by atoms with Gasteiger partial charge in [0.2, 0.25) is 0 Å². The van der Waals surface area contributed by atoms with E-state index in [1.165, 1.54) is 12.1 Å².